The first-order chi connectivity index (χ1) is 12.9. The Bertz CT molecular complexity index is 949. The number of aromatic nitrogens is 1. The second-order valence-electron chi connectivity index (χ2n) is 8.13. The van der Waals surface area contributed by atoms with Crippen molar-refractivity contribution >= 4 is 5.91 Å². The van der Waals surface area contributed by atoms with Gasteiger partial charge in [0, 0.05) is 44.3 Å². The molecule has 0 aliphatic carbocycles. The van der Waals surface area contributed by atoms with Gasteiger partial charge in [-0.25, -0.2) is 0 Å². The molecular weight excluding hydrogens is 338 g/mol. The van der Waals surface area contributed by atoms with Gasteiger partial charge in [-0.15, -0.1) is 0 Å². The van der Waals surface area contributed by atoms with Crippen molar-refractivity contribution in [1.82, 2.24) is 14.4 Å². The summed E-state index contributed by atoms with van der Waals surface area (Å²) in [6, 6.07) is 12.4. The summed E-state index contributed by atoms with van der Waals surface area (Å²) < 4.78 is 1.55. The van der Waals surface area contributed by atoms with E-state index in [1.54, 1.807) is 17.7 Å². The topological polar surface area (TPSA) is 45.6 Å². The number of carbonyl (C=O) groups is 1. The summed E-state index contributed by atoms with van der Waals surface area (Å²) in [7, 11) is 3.90. The van der Waals surface area contributed by atoms with Crippen LogP contribution in [-0.4, -0.2) is 47.0 Å². The van der Waals surface area contributed by atoms with Gasteiger partial charge in [0.1, 0.15) is 5.56 Å². The molecule has 2 aliphatic heterocycles. The Morgan fingerprint density at radius 2 is 1.74 bits per heavy atom. The average molecular weight is 365 g/mol. The Balaban J connectivity index is 1.60. The van der Waals surface area contributed by atoms with Gasteiger partial charge in [0.2, 0.25) is 0 Å². The molecular formula is C22H27N3O2. The maximum absolute atomic E-state index is 13.1. The molecule has 1 amide bonds. The van der Waals surface area contributed by atoms with Crippen molar-refractivity contribution in [3.8, 4) is 0 Å². The van der Waals surface area contributed by atoms with E-state index < -0.39 is 0 Å². The zero-order valence-corrected chi connectivity index (χ0v) is 16.5. The van der Waals surface area contributed by atoms with Gasteiger partial charge < -0.3 is 9.47 Å². The van der Waals surface area contributed by atoms with Crippen LogP contribution in [0.3, 0.4) is 0 Å². The van der Waals surface area contributed by atoms with Gasteiger partial charge in [-0.1, -0.05) is 24.3 Å². The number of aryl methyl sites for hydroxylation is 2. The Labute approximate surface area is 160 Å². The smallest absolute Gasteiger partial charge is 0.263 e. The fraction of sp³-hybridized carbons (Fsp3) is 0.455. The van der Waals surface area contributed by atoms with Gasteiger partial charge in [-0.05, 0) is 50.1 Å². The number of pyridine rings is 1. The highest BCUT2D eigenvalue weighted by atomic mass is 16.2. The highest BCUT2D eigenvalue weighted by Gasteiger charge is 2.47. The molecule has 0 N–H and O–H groups in total. The molecule has 1 aromatic carbocycles. The van der Waals surface area contributed by atoms with Gasteiger partial charge in [0.25, 0.3) is 11.5 Å². The third kappa shape index (κ3) is 2.90. The number of hydrogen-bond donors (Lipinski definition) is 0. The summed E-state index contributed by atoms with van der Waals surface area (Å²) in [4.78, 5) is 29.9. The molecule has 0 bridgehead atoms. The molecule has 3 heterocycles. The van der Waals surface area contributed by atoms with Gasteiger partial charge in [0.05, 0.1) is 0 Å². The molecule has 3 atom stereocenters. The lowest BCUT2D eigenvalue weighted by atomic mass is 9.88. The van der Waals surface area contributed by atoms with E-state index >= 15 is 0 Å². The minimum atomic E-state index is -0.204. The predicted molar refractivity (Wildman–Crippen MR) is 106 cm³/mol. The van der Waals surface area contributed by atoms with Gasteiger partial charge in [0.15, 0.2) is 0 Å². The van der Waals surface area contributed by atoms with Crippen LogP contribution in [0.5, 0.6) is 0 Å². The average Bonchev–Trinajstić information content (AvgIpc) is 3.17. The lowest BCUT2D eigenvalue weighted by molar-refractivity contribution is 0.0765. The van der Waals surface area contributed by atoms with Crippen molar-refractivity contribution in [3.63, 3.8) is 0 Å². The maximum atomic E-state index is 13.1. The predicted octanol–water partition coefficient (Wildman–Crippen LogP) is 2.38. The summed E-state index contributed by atoms with van der Waals surface area (Å²) in [6.45, 7) is 6.46. The second kappa shape index (κ2) is 6.64. The van der Waals surface area contributed by atoms with E-state index in [1.165, 1.54) is 11.1 Å². The molecule has 2 aliphatic rings. The lowest BCUT2D eigenvalue weighted by Gasteiger charge is -2.28. The Kier molecular flexibility index (Phi) is 4.42. The summed E-state index contributed by atoms with van der Waals surface area (Å²) in [5.74, 6) is 0.739. The molecule has 2 fully saturated rings. The first kappa shape index (κ1) is 18.0. The van der Waals surface area contributed by atoms with Crippen molar-refractivity contribution in [3.05, 3.63) is 69.1 Å². The minimum Gasteiger partial charge on any atom is -0.338 e. The van der Waals surface area contributed by atoms with E-state index in [1.807, 2.05) is 17.9 Å². The fourth-order valence-corrected chi connectivity index (χ4v) is 4.87. The summed E-state index contributed by atoms with van der Waals surface area (Å²) in [5, 5.41) is 0. The lowest BCUT2D eigenvalue weighted by Crippen LogP contribution is -2.37. The summed E-state index contributed by atoms with van der Waals surface area (Å²) in [5.41, 5.74) is 3.59. The zero-order valence-electron chi connectivity index (χ0n) is 16.5. The second-order valence-corrected chi connectivity index (χ2v) is 8.13. The van der Waals surface area contributed by atoms with E-state index in [-0.39, 0.29) is 17.0 Å². The van der Waals surface area contributed by atoms with Crippen LogP contribution in [0.2, 0.25) is 0 Å². The number of carbonyl (C=O) groups excluding carboxylic acids is 1. The van der Waals surface area contributed by atoms with E-state index in [2.05, 4.69) is 43.1 Å². The monoisotopic (exact) mass is 365 g/mol. The van der Waals surface area contributed by atoms with Crippen molar-refractivity contribution in [2.24, 2.45) is 18.9 Å². The van der Waals surface area contributed by atoms with Gasteiger partial charge in [-0.2, -0.15) is 0 Å². The van der Waals surface area contributed by atoms with E-state index in [9.17, 15) is 9.59 Å². The molecule has 0 unspecified atom stereocenters. The third-order valence-electron chi connectivity index (χ3n) is 6.47. The number of hydrogen-bond acceptors (Lipinski definition) is 3. The van der Waals surface area contributed by atoms with Crippen LogP contribution in [0.1, 0.15) is 33.2 Å². The number of rotatable bonds is 2. The SMILES string of the molecule is Cc1ccccc1[C@@H]1[C@@H]2CN(C(=O)c3ccc(C)n(C)c3=O)C[C@@H]2CN1C. The molecule has 142 valence electrons. The maximum Gasteiger partial charge on any atom is 0.263 e. The largest absolute Gasteiger partial charge is 0.338 e. The van der Waals surface area contributed by atoms with Crippen molar-refractivity contribution in [1.29, 1.82) is 0 Å². The van der Waals surface area contributed by atoms with Crippen LogP contribution in [-0.2, 0) is 7.05 Å². The van der Waals surface area contributed by atoms with Crippen LogP contribution in [0, 0.1) is 25.7 Å². The molecule has 2 saturated heterocycles. The molecule has 0 radical (unpaired) electrons. The first-order valence-corrected chi connectivity index (χ1v) is 9.60. The van der Waals surface area contributed by atoms with Crippen molar-refractivity contribution in [2.75, 3.05) is 26.7 Å². The van der Waals surface area contributed by atoms with Crippen molar-refractivity contribution < 1.29 is 4.79 Å². The molecule has 0 spiro atoms. The van der Waals surface area contributed by atoms with E-state index in [0.29, 0.717) is 24.4 Å². The van der Waals surface area contributed by atoms with Crippen LogP contribution >= 0.6 is 0 Å². The molecule has 2 aromatic rings. The number of nitrogens with zero attached hydrogens (tertiary/aromatic N) is 3. The van der Waals surface area contributed by atoms with Gasteiger partial charge >= 0.3 is 0 Å². The Morgan fingerprint density at radius 3 is 2.48 bits per heavy atom. The molecule has 5 heteroatoms. The zero-order chi connectivity index (χ0) is 19.3. The fourth-order valence-electron chi connectivity index (χ4n) is 4.87. The van der Waals surface area contributed by atoms with E-state index in [4.69, 9.17) is 0 Å². The van der Waals surface area contributed by atoms with Crippen LogP contribution < -0.4 is 5.56 Å². The summed E-state index contributed by atoms with van der Waals surface area (Å²) >= 11 is 0. The molecule has 4 rings (SSSR count). The number of amides is 1. The van der Waals surface area contributed by atoms with Crippen molar-refractivity contribution in [2.45, 2.75) is 19.9 Å². The van der Waals surface area contributed by atoms with Crippen LogP contribution in [0.15, 0.2) is 41.2 Å². The number of likely N-dealkylation sites (tertiary alicyclic amines) is 2. The highest BCUT2D eigenvalue weighted by molar-refractivity contribution is 5.94. The van der Waals surface area contributed by atoms with Crippen LogP contribution in [0.25, 0.3) is 0 Å². The Morgan fingerprint density at radius 1 is 1.00 bits per heavy atom. The quantitative estimate of drug-likeness (QED) is 0.821. The number of benzene rings is 1. The summed E-state index contributed by atoms with van der Waals surface area (Å²) in [6.07, 6.45) is 0. The molecule has 27 heavy (non-hydrogen) atoms. The Hall–Kier alpha value is -2.40. The standard InChI is InChI=1S/C22H27N3O2/c1-14-7-5-6-8-17(14)20-19-13-25(12-16(19)11-23(20)3)22(27)18-10-9-15(2)24(4)21(18)26/h5-10,16,19-20H,11-13H2,1-4H3/t16-,19+,20+/m0/s1. The molecule has 0 saturated carbocycles. The minimum absolute atomic E-state index is 0.129. The molecule has 5 nitrogen and oxygen atoms in total. The highest BCUT2D eigenvalue weighted by Crippen LogP contribution is 2.44. The third-order valence-corrected chi connectivity index (χ3v) is 6.47. The molecule has 1 aromatic heterocycles. The number of fused-ring (bicyclic) bond motifs is 1. The van der Waals surface area contributed by atoms with Gasteiger partial charge in [-0.3, -0.25) is 14.5 Å². The normalized spacial score (nSPS) is 25.0. The first-order valence-electron chi connectivity index (χ1n) is 9.60. The van der Waals surface area contributed by atoms with E-state index in [0.717, 1.165) is 18.8 Å². The van der Waals surface area contributed by atoms with Crippen LogP contribution in [0.4, 0.5) is 0 Å².